The van der Waals surface area contributed by atoms with Crippen LogP contribution in [0.15, 0.2) is 48.5 Å². The molecule has 0 aliphatic carbocycles. The number of rotatable bonds is 4. The van der Waals surface area contributed by atoms with Gasteiger partial charge in [-0.15, -0.1) is 0 Å². The first kappa shape index (κ1) is 14.7. The topological polar surface area (TPSA) is 57.6 Å². The lowest BCUT2D eigenvalue weighted by atomic mass is 10.1. The number of carboxylic acids is 1. The number of carbonyl (C=O) groups is 2. The van der Waals surface area contributed by atoms with Crippen molar-refractivity contribution in [1.29, 1.82) is 0 Å². The van der Waals surface area contributed by atoms with Crippen LogP contribution in [0.3, 0.4) is 0 Å². The Balaban J connectivity index is 2.40. The Morgan fingerprint density at radius 2 is 1.71 bits per heavy atom. The molecule has 0 spiro atoms. The molecule has 0 atom stereocenters. The lowest BCUT2D eigenvalue weighted by Crippen LogP contribution is -2.36. The van der Waals surface area contributed by atoms with Gasteiger partial charge in [0, 0.05) is 5.69 Å². The largest absolute Gasteiger partial charge is 0.480 e. The number of anilines is 1. The third-order valence-corrected chi connectivity index (χ3v) is 2.99. The molecule has 21 heavy (non-hydrogen) atoms. The number of hydrogen-bond acceptors (Lipinski definition) is 2. The van der Waals surface area contributed by atoms with Gasteiger partial charge in [0.15, 0.2) is 0 Å². The molecule has 1 N–H and O–H groups in total. The van der Waals surface area contributed by atoms with Crippen LogP contribution in [0.25, 0.3) is 0 Å². The van der Waals surface area contributed by atoms with Crippen molar-refractivity contribution in [3.63, 3.8) is 0 Å². The predicted molar refractivity (Wildman–Crippen MR) is 76.9 cm³/mol. The third kappa shape index (κ3) is 3.45. The molecule has 0 saturated heterocycles. The van der Waals surface area contributed by atoms with Crippen molar-refractivity contribution < 1.29 is 19.1 Å². The maximum absolute atomic E-state index is 13.7. The monoisotopic (exact) mass is 287 g/mol. The highest BCUT2D eigenvalue weighted by molar-refractivity contribution is 6.08. The molecule has 0 unspecified atom stereocenters. The van der Waals surface area contributed by atoms with Crippen LogP contribution < -0.4 is 4.90 Å². The molecule has 0 heterocycles. The first-order valence-corrected chi connectivity index (χ1v) is 6.34. The van der Waals surface area contributed by atoms with Gasteiger partial charge in [0.2, 0.25) is 0 Å². The molecule has 0 aliphatic heterocycles. The van der Waals surface area contributed by atoms with Gasteiger partial charge in [-0.05, 0) is 31.2 Å². The zero-order valence-corrected chi connectivity index (χ0v) is 11.4. The van der Waals surface area contributed by atoms with Gasteiger partial charge in [0.1, 0.15) is 12.4 Å². The highest BCUT2D eigenvalue weighted by atomic mass is 19.1. The number of carboxylic acid groups (broad SMARTS) is 1. The number of nitrogens with zero attached hydrogens (tertiary/aromatic N) is 1. The minimum atomic E-state index is -1.17. The summed E-state index contributed by atoms with van der Waals surface area (Å²) in [5, 5.41) is 8.98. The fourth-order valence-electron chi connectivity index (χ4n) is 1.92. The second-order valence-corrected chi connectivity index (χ2v) is 4.60. The summed E-state index contributed by atoms with van der Waals surface area (Å²) in [6, 6.07) is 12.3. The van der Waals surface area contributed by atoms with E-state index >= 15 is 0 Å². The molecular weight excluding hydrogens is 273 g/mol. The van der Waals surface area contributed by atoms with Gasteiger partial charge < -0.3 is 5.11 Å². The SMILES string of the molecule is Cc1ccc(N(CC(=O)O)C(=O)c2ccccc2F)cc1. The van der Waals surface area contributed by atoms with E-state index in [9.17, 15) is 14.0 Å². The van der Waals surface area contributed by atoms with Crippen molar-refractivity contribution in [2.24, 2.45) is 0 Å². The molecule has 0 aliphatic rings. The van der Waals surface area contributed by atoms with Crippen molar-refractivity contribution in [3.05, 3.63) is 65.5 Å². The van der Waals surface area contributed by atoms with Gasteiger partial charge in [-0.25, -0.2) is 4.39 Å². The number of amides is 1. The summed E-state index contributed by atoms with van der Waals surface area (Å²) in [4.78, 5) is 24.4. The van der Waals surface area contributed by atoms with Crippen molar-refractivity contribution in [2.45, 2.75) is 6.92 Å². The molecule has 1 amide bonds. The lowest BCUT2D eigenvalue weighted by molar-refractivity contribution is -0.135. The minimum absolute atomic E-state index is 0.153. The second-order valence-electron chi connectivity index (χ2n) is 4.60. The highest BCUT2D eigenvalue weighted by Gasteiger charge is 2.22. The summed E-state index contributed by atoms with van der Waals surface area (Å²) in [6.45, 7) is 1.35. The van der Waals surface area contributed by atoms with Crippen LogP contribution in [0.2, 0.25) is 0 Å². The van der Waals surface area contributed by atoms with E-state index < -0.39 is 24.2 Å². The molecule has 0 fully saturated rings. The second kappa shape index (κ2) is 6.17. The molecule has 4 nitrogen and oxygen atoms in total. The van der Waals surface area contributed by atoms with E-state index in [1.807, 2.05) is 6.92 Å². The van der Waals surface area contributed by atoms with E-state index in [0.717, 1.165) is 10.5 Å². The molecule has 2 rings (SSSR count). The maximum Gasteiger partial charge on any atom is 0.323 e. The van der Waals surface area contributed by atoms with E-state index in [2.05, 4.69) is 0 Å². The normalized spacial score (nSPS) is 10.2. The van der Waals surface area contributed by atoms with Gasteiger partial charge in [0.25, 0.3) is 5.91 Å². The quantitative estimate of drug-likeness (QED) is 0.940. The Morgan fingerprint density at radius 3 is 2.29 bits per heavy atom. The zero-order valence-electron chi connectivity index (χ0n) is 11.4. The van der Waals surface area contributed by atoms with Gasteiger partial charge in [-0.3, -0.25) is 14.5 Å². The van der Waals surface area contributed by atoms with E-state index in [1.54, 1.807) is 24.3 Å². The van der Waals surface area contributed by atoms with E-state index in [4.69, 9.17) is 5.11 Å². The molecule has 0 radical (unpaired) electrons. The van der Waals surface area contributed by atoms with Crippen LogP contribution in [-0.2, 0) is 4.79 Å². The highest BCUT2D eigenvalue weighted by Crippen LogP contribution is 2.19. The number of aliphatic carboxylic acids is 1. The molecule has 0 saturated carbocycles. The zero-order chi connectivity index (χ0) is 15.4. The van der Waals surface area contributed by atoms with Crippen LogP contribution in [0.1, 0.15) is 15.9 Å². The Kier molecular flexibility index (Phi) is 4.33. The van der Waals surface area contributed by atoms with Crippen LogP contribution in [0, 0.1) is 12.7 Å². The van der Waals surface area contributed by atoms with Crippen LogP contribution in [-0.4, -0.2) is 23.5 Å². The van der Waals surface area contributed by atoms with Gasteiger partial charge in [0.05, 0.1) is 5.56 Å². The predicted octanol–water partition coefficient (Wildman–Crippen LogP) is 2.87. The number of carbonyl (C=O) groups excluding carboxylic acids is 1. The summed E-state index contributed by atoms with van der Waals surface area (Å²) in [5.41, 5.74) is 1.24. The first-order chi connectivity index (χ1) is 9.99. The number of benzene rings is 2. The molecule has 0 aromatic heterocycles. The van der Waals surface area contributed by atoms with Crippen molar-refractivity contribution >= 4 is 17.6 Å². The Labute approximate surface area is 121 Å². The summed E-state index contributed by atoms with van der Waals surface area (Å²) < 4.78 is 13.7. The molecule has 0 bridgehead atoms. The summed E-state index contributed by atoms with van der Waals surface area (Å²) in [5.74, 6) is -2.52. The van der Waals surface area contributed by atoms with Crippen molar-refractivity contribution in [2.75, 3.05) is 11.4 Å². The average molecular weight is 287 g/mol. The Morgan fingerprint density at radius 1 is 1.10 bits per heavy atom. The maximum atomic E-state index is 13.7. The van der Waals surface area contributed by atoms with E-state index in [0.29, 0.717) is 5.69 Å². The third-order valence-electron chi connectivity index (χ3n) is 2.99. The lowest BCUT2D eigenvalue weighted by Gasteiger charge is -2.21. The summed E-state index contributed by atoms with van der Waals surface area (Å²) in [7, 11) is 0. The Bertz CT molecular complexity index is 667. The van der Waals surface area contributed by atoms with Gasteiger partial charge >= 0.3 is 5.97 Å². The fraction of sp³-hybridized carbons (Fsp3) is 0.125. The number of aryl methyl sites for hydroxylation is 1. The fourth-order valence-corrected chi connectivity index (χ4v) is 1.92. The van der Waals surface area contributed by atoms with Crippen LogP contribution in [0.5, 0.6) is 0 Å². The standard InChI is InChI=1S/C16H14FNO3/c1-11-6-8-12(9-7-11)18(10-15(19)20)16(21)13-4-2-3-5-14(13)17/h2-9H,10H2,1H3,(H,19,20). The molecule has 108 valence electrons. The molecule has 2 aromatic carbocycles. The van der Waals surface area contributed by atoms with E-state index in [1.165, 1.54) is 24.3 Å². The molecule has 2 aromatic rings. The van der Waals surface area contributed by atoms with Gasteiger partial charge in [-0.1, -0.05) is 29.8 Å². The smallest absolute Gasteiger partial charge is 0.323 e. The van der Waals surface area contributed by atoms with Crippen molar-refractivity contribution in [1.82, 2.24) is 0 Å². The Hall–Kier alpha value is -2.69. The summed E-state index contributed by atoms with van der Waals surface area (Å²) in [6.07, 6.45) is 0. The molecular formula is C16H14FNO3. The first-order valence-electron chi connectivity index (χ1n) is 6.34. The minimum Gasteiger partial charge on any atom is -0.480 e. The van der Waals surface area contributed by atoms with Crippen LogP contribution >= 0.6 is 0 Å². The van der Waals surface area contributed by atoms with Crippen LogP contribution in [0.4, 0.5) is 10.1 Å². The summed E-state index contributed by atoms with van der Waals surface area (Å²) >= 11 is 0. The van der Waals surface area contributed by atoms with E-state index in [-0.39, 0.29) is 5.56 Å². The average Bonchev–Trinajstić information content (AvgIpc) is 2.45. The van der Waals surface area contributed by atoms with Gasteiger partial charge in [-0.2, -0.15) is 0 Å². The van der Waals surface area contributed by atoms with Crippen molar-refractivity contribution in [3.8, 4) is 0 Å². The molecule has 5 heteroatoms. The number of hydrogen-bond donors (Lipinski definition) is 1. The number of halogens is 1.